The molecule has 1 N–H and O–H groups in total. The Morgan fingerprint density at radius 3 is 2.93 bits per heavy atom. The van der Waals surface area contributed by atoms with Crippen LogP contribution in [0.25, 0.3) is 22.0 Å². The summed E-state index contributed by atoms with van der Waals surface area (Å²) in [5, 5.41) is 2.02. The number of Topliss-reactive ketones (excluding diaryl/α,β-unsaturated/α-hetero) is 1. The number of allylic oxidation sites excluding steroid dienone is 4. The van der Waals surface area contributed by atoms with E-state index in [0.717, 1.165) is 28.4 Å². The van der Waals surface area contributed by atoms with Crippen LogP contribution in [-0.4, -0.2) is 22.9 Å². The van der Waals surface area contributed by atoms with Crippen molar-refractivity contribution in [2.45, 2.75) is 13.3 Å². The Balaban J connectivity index is 1.59. The number of ether oxygens (including phenoxy) is 1. The van der Waals surface area contributed by atoms with Gasteiger partial charge in [0.05, 0.1) is 7.11 Å². The van der Waals surface area contributed by atoms with Gasteiger partial charge in [-0.15, -0.1) is 0 Å². The molecule has 0 fully saturated rings. The number of hydrogen-bond acceptors (Lipinski definition) is 4. The van der Waals surface area contributed by atoms with E-state index in [0.29, 0.717) is 22.7 Å². The van der Waals surface area contributed by atoms with E-state index in [-0.39, 0.29) is 5.78 Å². The van der Waals surface area contributed by atoms with Crippen molar-refractivity contribution in [1.29, 1.82) is 0 Å². The Morgan fingerprint density at radius 2 is 2.13 bits per heavy atom. The largest absolute Gasteiger partial charge is 0.497 e. The first-order valence-electron chi connectivity index (χ1n) is 9.62. The van der Waals surface area contributed by atoms with Crippen LogP contribution in [0.1, 0.15) is 28.6 Å². The summed E-state index contributed by atoms with van der Waals surface area (Å²) in [5.41, 5.74) is 4.44. The monoisotopic (exact) mass is 398 g/mol. The highest BCUT2D eigenvalue weighted by Crippen LogP contribution is 2.25. The smallest absolute Gasteiger partial charge is 0.223 e. The van der Waals surface area contributed by atoms with Crippen LogP contribution in [0.2, 0.25) is 0 Å². The van der Waals surface area contributed by atoms with Crippen molar-refractivity contribution in [2.24, 2.45) is 0 Å². The zero-order valence-electron chi connectivity index (χ0n) is 16.9. The third-order valence-corrected chi connectivity index (χ3v) is 5.03. The second kappa shape index (κ2) is 8.25. The molecule has 0 aliphatic rings. The van der Waals surface area contributed by atoms with Gasteiger partial charge in [-0.1, -0.05) is 18.7 Å². The first kappa shape index (κ1) is 19.5. The maximum atomic E-state index is 12.7. The fourth-order valence-electron chi connectivity index (χ4n) is 3.39. The van der Waals surface area contributed by atoms with E-state index >= 15 is 0 Å². The van der Waals surface area contributed by atoms with Crippen LogP contribution >= 0.6 is 0 Å². The maximum absolute atomic E-state index is 12.7. The normalized spacial score (nSPS) is 12.5. The third kappa shape index (κ3) is 3.82. The fraction of sp³-hybridized carbons (Fsp3) is 0.120. The Bertz CT molecular complexity index is 1300. The van der Waals surface area contributed by atoms with Gasteiger partial charge in [0.1, 0.15) is 17.0 Å². The number of aromatic amines is 1. The number of nitrogens with one attached hydrogen (secondary N) is 1. The summed E-state index contributed by atoms with van der Waals surface area (Å²) in [6, 6.07) is 11.8. The Labute approximate surface area is 174 Å². The number of hydrogen-bond donors (Lipinski definition) is 1. The van der Waals surface area contributed by atoms with Crippen LogP contribution in [0.4, 0.5) is 0 Å². The molecule has 3 aromatic heterocycles. The van der Waals surface area contributed by atoms with Gasteiger partial charge in [-0.25, -0.2) is 4.98 Å². The molecule has 0 bridgehead atoms. The molecule has 0 radical (unpaired) electrons. The molecule has 4 rings (SSSR count). The molecule has 4 aromatic rings. The minimum absolute atomic E-state index is 0.161. The van der Waals surface area contributed by atoms with Crippen LogP contribution in [0.15, 0.2) is 89.3 Å². The van der Waals surface area contributed by atoms with Gasteiger partial charge in [-0.05, 0) is 67.0 Å². The molecule has 0 saturated carbocycles. The van der Waals surface area contributed by atoms with Crippen molar-refractivity contribution in [3.05, 3.63) is 102 Å². The van der Waals surface area contributed by atoms with Crippen LogP contribution in [0, 0.1) is 0 Å². The predicted molar refractivity (Wildman–Crippen MR) is 118 cm³/mol. The number of H-pyrrole nitrogens is 1. The fourth-order valence-corrected chi connectivity index (χ4v) is 3.39. The lowest BCUT2D eigenvalue weighted by molar-refractivity contribution is 0.101. The summed E-state index contributed by atoms with van der Waals surface area (Å²) in [4.78, 5) is 20.3. The molecule has 0 aliphatic carbocycles. The van der Waals surface area contributed by atoms with Crippen molar-refractivity contribution in [1.82, 2.24) is 9.97 Å². The molecule has 0 atom stereocenters. The number of nitrogens with zero attached hydrogens (tertiary/aromatic N) is 1. The number of carbonyl (C=O) groups is 1. The summed E-state index contributed by atoms with van der Waals surface area (Å²) in [5.74, 6) is 0.744. The van der Waals surface area contributed by atoms with Gasteiger partial charge in [-0.3, -0.25) is 4.79 Å². The molecule has 5 heteroatoms. The minimum atomic E-state index is -0.161. The number of methoxy groups -OCH3 is 1. The van der Waals surface area contributed by atoms with Crippen LogP contribution in [0.3, 0.4) is 0 Å². The number of aromatic nitrogens is 2. The maximum Gasteiger partial charge on any atom is 0.223 e. The zero-order chi connectivity index (χ0) is 21.1. The van der Waals surface area contributed by atoms with E-state index in [4.69, 9.17) is 9.15 Å². The van der Waals surface area contributed by atoms with Gasteiger partial charge in [0.2, 0.25) is 5.78 Å². The molecule has 0 unspecified atom stereocenters. The number of benzene rings is 1. The SMILES string of the molecule is C=C/C(=C\C=C(/C)C(=O)c1cc2cc(Cc3c[nH]c4ncccc34)ccc2o1)OC. The van der Waals surface area contributed by atoms with Gasteiger partial charge < -0.3 is 14.1 Å². The molecular formula is C25H22N2O3. The minimum Gasteiger partial charge on any atom is -0.497 e. The summed E-state index contributed by atoms with van der Waals surface area (Å²) < 4.78 is 10.9. The van der Waals surface area contributed by atoms with Crippen LogP contribution in [0.5, 0.6) is 0 Å². The summed E-state index contributed by atoms with van der Waals surface area (Å²) in [6.07, 6.45) is 9.52. The summed E-state index contributed by atoms with van der Waals surface area (Å²) in [7, 11) is 1.56. The lowest BCUT2D eigenvalue weighted by atomic mass is 10.0. The topological polar surface area (TPSA) is 68.1 Å². The first-order valence-corrected chi connectivity index (χ1v) is 9.62. The van der Waals surface area contributed by atoms with Crippen molar-refractivity contribution < 1.29 is 13.9 Å². The summed E-state index contributed by atoms with van der Waals surface area (Å²) >= 11 is 0. The lowest BCUT2D eigenvalue weighted by Crippen LogP contribution is -1.98. The van der Waals surface area contributed by atoms with Crippen molar-refractivity contribution in [3.63, 3.8) is 0 Å². The number of fused-ring (bicyclic) bond motifs is 2. The number of ketones is 1. The van der Waals surface area contributed by atoms with E-state index in [1.165, 1.54) is 5.56 Å². The predicted octanol–water partition coefficient (Wildman–Crippen LogP) is 5.75. The van der Waals surface area contributed by atoms with E-state index in [2.05, 4.69) is 28.7 Å². The molecule has 3 heterocycles. The molecule has 0 aliphatic heterocycles. The Kier molecular flexibility index (Phi) is 5.35. The average molecular weight is 398 g/mol. The quantitative estimate of drug-likeness (QED) is 0.186. The van der Waals surface area contributed by atoms with E-state index in [1.54, 1.807) is 44.5 Å². The third-order valence-electron chi connectivity index (χ3n) is 5.03. The highest BCUT2D eigenvalue weighted by molar-refractivity contribution is 6.08. The van der Waals surface area contributed by atoms with Crippen molar-refractivity contribution in [2.75, 3.05) is 7.11 Å². The molecule has 1 aromatic carbocycles. The highest BCUT2D eigenvalue weighted by Gasteiger charge is 2.14. The van der Waals surface area contributed by atoms with Crippen LogP contribution in [-0.2, 0) is 11.2 Å². The highest BCUT2D eigenvalue weighted by atomic mass is 16.5. The second-order valence-corrected chi connectivity index (χ2v) is 7.03. The standard InChI is InChI=1S/C25H22N2O3/c1-4-20(29-3)9-7-16(2)24(28)23-14-18-12-17(8-10-22(18)30-23)13-19-15-27-25-21(19)6-5-11-26-25/h4-12,14-15H,1,13H2,2-3H3,(H,26,27)/b16-7+,20-9+. The number of pyridine rings is 1. The number of carbonyl (C=O) groups excluding carboxylic acids is 1. The van der Waals surface area contributed by atoms with E-state index < -0.39 is 0 Å². The molecule has 150 valence electrons. The van der Waals surface area contributed by atoms with Crippen molar-refractivity contribution >= 4 is 27.8 Å². The molecule has 0 saturated heterocycles. The van der Waals surface area contributed by atoms with Gasteiger partial charge in [0, 0.05) is 28.7 Å². The van der Waals surface area contributed by atoms with E-state index in [1.807, 2.05) is 24.4 Å². The lowest BCUT2D eigenvalue weighted by Gasteiger charge is -2.00. The number of furan rings is 1. The zero-order valence-corrected chi connectivity index (χ0v) is 16.9. The molecule has 30 heavy (non-hydrogen) atoms. The van der Waals surface area contributed by atoms with Gasteiger partial charge in [0.15, 0.2) is 5.76 Å². The first-order chi connectivity index (χ1) is 14.6. The number of rotatable bonds is 7. The van der Waals surface area contributed by atoms with Gasteiger partial charge in [-0.2, -0.15) is 0 Å². The molecular weight excluding hydrogens is 376 g/mol. The van der Waals surface area contributed by atoms with E-state index in [9.17, 15) is 4.79 Å². The summed E-state index contributed by atoms with van der Waals surface area (Å²) in [6.45, 7) is 5.41. The van der Waals surface area contributed by atoms with Crippen molar-refractivity contribution in [3.8, 4) is 0 Å². The Hall–Kier alpha value is -3.86. The molecule has 0 amide bonds. The van der Waals surface area contributed by atoms with Crippen LogP contribution < -0.4 is 0 Å². The molecule has 0 spiro atoms. The van der Waals surface area contributed by atoms with Gasteiger partial charge in [0.25, 0.3) is 0 Å². The average Bonchev–Trinajstić information content (AvgIpc) is 3.38. The Morgan fingerprint density at radius 1 is 1.27 bits per heavy atom. The molecule has 5 nitrogen and oxygen atoms in total. The second-order valence-electron chi connectivity index (χ2n) is 7.03. The van der Waals surface area contributed by atoms with Gasteiger partial charge >= 0.3 is 0 Å².